The van der Waals surface area contributed by atoms with Gasteiger partial charge in [0.15, 0.2) is 0 Å². The van der Waals surface area contributed by atoms with Crippen LogP contribution in [0.15, 0.2) is 47.3 Å². The number of pyridine rings is 1. The normalized spacial score (nSPS) is 12.9. The second kappa shape index (κ2) is 10.7. The van der Waals surface area contributed by atoms with E-state index >= 15 is 0 Å². The first-order valence-corrected chi connectivity index (χ1v) is 11.0. The number of aliphatic hydroxyl groups is 1. The predicted molar refractivity (Wildman–Crippen MR) is 123 cm³/mol. The van der Waals surface area contributed by atoms with Gasteiger partial charge in [-0.3, -0.25) is 4.79 Å². The fraction of sp³-hybridized carbons (Fsp3) is 0.333. The molecule has 0 aliphatic carbocycles. The van der Waals surface area contributed by atoms with Gasteiger partial charge in [-0.1, -0.05) is 0 Å². The van der Waals surface area contributed by atoms with E-state index in [2.05, 4.69) is 5.32 Å². The van der Waals surface area contributed by atoms with Gasteiger partial charge in [0.25, 0.3) is 5.56 Å². The van der Waals surface area contributed by atoms with E-state index in [-0.39, 0.29) is 18.2 Å². The average molecular weight is 531 g/mol. The number of aromatic amines is 1. The summed E-state index contributed by atoms with van der Waals surface area (Å²) in [4.78, 5) is 28.7. The van der Waals surface area contributed by atoms with Gasteiger partial charge in [-0.15, -0.1) is 0 Å². The van der Waals surface area contributed by atoms with Gasteiger partial charge in [-0.2, -0.15) is 26.3 Å². The Kier molecular flexibility index (Phi) is 8.06. The number of benzene rings is 2. The second-order valence-electron chi connectivity index (χ2n) is 8.02. The number of hydrogen-bond acceptors (Lipinski definition) is 4. The number of ether oxygens (including phenoxy) is 1. The summed E-state index contributed by atoms with van der Waals surface area (Å²) in [5.74, 6) is 0.556. The maximum Gasteiger partial charge on any atom is 0.418 e. The predicted octanol–water partition coefficient (Wildman–Crippen LogP) is 5.55. The van der Waals surface area contributed by atoms with Crippen molar-refractivity contribution in [1.29, 1.82) is 0 Å². The average Bonchev–Trinajstić information content (AvgIpc) is 2.81. The minimum atomic E-state index is -5.17. The summed E-state index contributed by atoms with van der Waals surface area (Å²) in [5.41, 5.74) is -4.94. The maximum absolute atomic E-state index is 13.5. The van der Waals surface area contributed by atoms with Gasteiger partial charge in [0.1, 0.15) is 5.75 Å². The van der Waals surface area contributed by atoms with Gasteiger partial charge >= 0.3 is 18.4 Å². The first-order chi connectivity index (χ1) is 17.3. The number of hydrogen-bond donors (Lipinski definition) is 3. The molecule has 2 aromatic carbocycles. The highest BCUT2D eigenvalue weighted by Crippen LogP contribution is 2.39. The topological polar surface area (TPSA) is 94.7 Å². The van der Waals surface area contributed by atoms with Crippen molar-refractivity contribution in [1.82, 2.24) is 9.88 Å². The van der Waals surface area contributed by atoms with Crippen molar-refractivity contribution in [3.63, 3.8) is 0 Å². The monoisotopic (exact) mass is 531 g/mol. The number of fused-ring (bicyclic) bond motifs is 1. The lowest BCUT2D eigenvalue weighted by molar-refractivity contribution is -0.142. The molecule has 0 aliphatic heterocycles. The molecule has 3 rings (SSSR count). The lowest BCUT2D eigenvalue weighted by Crippen LogP contribution is -2.40. The zero-order valence-electron chi connectivity index (χ0n) is 19.6. The SMILES string of the molecule is CCOc1ccc(NC(=O)N(CCO)C(C)c2cc3cc(C(F)(F)F)cc(C(F)(F)F)c3[nH]c2=O)cc1. The number of nitrogens with zero attached hydrogens (tertiary/aromatic N) is 1. The number of alkyl halides is 6. The van der Waals surface area contributed by atoms with Crippen molar-refractivity contribution < 1.29 is 41.0 Å². The first-order valence-electron chi connectivity index (χ1n) is 11.0. The van der Waals surface area contributed by atoms with Crippen LogP contribution in [0.2, 0.25) is 0 Å². The van der Waals surface area contributed by atoms with Gasteiger partial charge in [-0.25, -0.2) is 4.79 Å². The Morgan fingerprint density at radius 2 is 1.73 bits per heavy atom. The number of halogens is 6. The van der Waals surface area contributed by atoms with Crippen molar-refractivity contribution in [2.75, 3.05) is 25.1 Å². The quantitative estimate of drug-likeness (QED) is 0.349. The highest BCUT2D eigenvalue weighted by atomic mass is 19.4. The van der Waals surface area contributed by atoms with Gasteiger partial charge < -0.3 is 25.0 Å². The molecular weight excluding hydrogens is 508 g/mol. The van der Waals surface area contributed by atoms with Crippen molar-refractivity contribution >= 4 is 22.6 Å². The molecule has 13 heteroatoms. The Bertz CT molecular complexity index is 1320. The number of urea groups is 1. The van der Waals surface area contributed by atoms with Crippen LogP contribution in [0.3, 0.4) is 0 Å². The minimum absolute atomic E-state index is 0.0658. The molecule has 0 saturated heterocycles. The molecule has 0 bridgehead atoms. The number of aliphatic hydroxyl groups excluding tert-OH is 1. The molecule has 0 radical (unpaired) electrons. The van der Waals surface area contributed by atoms with Crippen LogP contribution in [-0.2, 0) is 12.4 Å². The molecule has 200 valence electrons. The number of carbonyl (C=O) groups excluding carboxylic acids is 1. The van der Waals surface area contributed by atoms with Gasteiger partial charge in [-0.05, 0) is 61.7 Å². The summed E-state index contributed by atoms with van der Waals surface area (Å²) in [6.07, 6.45) is -10.2. The number of aromatic nitrogens is 1. The maximum atomic E-state index is 13.5. The summed E-state index contributed by atoms with van der Waals surface area (Å²) in [7, 11) is 0. The summed E-state index contributed by atoms with van der Waals surface area (Å²) in [6, 6.07) is 5.72. The summed E-state index contributed by atoms with van der Waals surface area (Å²) in [5, 5.41) is 11.5. The zero-order valence-corrected chi connectivity index (χ0v) is 19.6. The smallest absolute Gasteiger partial charge is 0.418 e. The Morgan fingerprint density at radius 1 is 1.08 bits per heavy atom. The van der Waals surface area contributed by atoms with Crippen LogP contribution in [0.25, 0.3) is 10.9 Å². The van der Waals surface area contributed by atoms with E-state index in [1.54, 1.807) is 31.2 Å². The lowest BCUT2D eigenvalue weighted by atomic mass is 10.0. The third-order valence-corrected chi connectivity index (χ3v) is 5.55. The van der Waals surface area contributed by atoms with Crippen LogP contribution in [0.5, 0.6) is 5.75 Å². The number of H-pyrrole nitrogens is 1. The summed E-state index contributed by atoms with van der Waals surface area (Å²) < 4.78 is 85.7. The van der Waals surface area contributed by atoms with E-state index in [9.17, 15) is 41.0 Å². The Morgan fingerprint density at radius 3 is 2.27 bits per heavy atom. The molecule has 0 aliphatic rings. The third-order valence-electron chi connectivity index (χ3n) is 5.55. The van der Waals surface area contributed by atoms with Crippen molar-refractivity contribution in [2.24, 2.45) is 0 Å². The van der Waals surface area contributed by atoms with E-state index in [0.717, 1.165) is 11.0 Å². The Hall–Kier alpha value is -3.74. The molecule has 1 aromatic heterocycles. The van der Waals surface area contributed by atoms with E-state index < -0.39 is 58.6 Å². The number of nitrogens with one attached hydrogen (secondary N) is 2. The summed E-state index contributed by atoms with van der Waals surface area (Å²) >= 11 is 0. The van der Waals surface area contributed by atoms with Crippen LogP contribution in [0.1, 0.15) is 36.6 Å². The van der Waals surface area contributed by atoms with Crippen molar-refractivity contribution in [3.8, 4) is 5.75 Å². The molecule has 0 fully saturated rings. The second-order valence-corrected chi connectivity index (χ2v) is 8.02. The van der Waals surface area contributed by atoms with E-state index in [1.807, 2.05) is 4.98 Å². The Labute approximate surface area is 206 Å². The molecule has 2 amide bonds. The number of rotatable bonds is 7. The number of carbonyl (C=O) groups is 1. The minimum Gasteiger partial charge on any atom is -0.494 e. The molecule has 37 heavy (non-hydrogen) atoms. The molecule has 1 unspecified atom stereocenters. The van der Waals surface area contributed by atoms with E-state index in [4.69, 9.17) is 4.74 Å². The van der Waals surface area contributed by atoms with Gasteiger partial charge in [0, 0.05) is 17.8 Å². The molecule has 3 N–H and O–H groups in total. The van der Waals surface area contributed by atoms with E-state index in [1.165, 1.54) is 6.92 Å². The number of anilines is 1. The molecule has 0 spiro atoms. The van der Waals surface area contributed by atoms with Crippen molar-refractivity contribution in [3.05, 3.63) is 69.5 Å². The Balaban J connectivity index is 2.02. The fourth-order valence-electron chi connectivity index (χ4n) is 3.78. The van der Waals surface area contributed by atoms with Crippen LogP contribution in [0, 0.1) is 0 Å². The first kappa shape index (κ1) is 27.8. The van der Waals surface area contributed by atoms with Crippen molar-refractivity contribution in [2.45, 2.75) is 32.2 Å². The van der Waals surface area contributed by atoms with Crippen LogP contribution in [0.4, 0.5) is 36.8 Å². The third kappa shape index (κ3) is 6.34. The lowest BCUT2D eigenvalue weighted by Gasteiger charge is -2.29. The molecule has 1 heterocycles. The van der Waals surface area contributed by atoms with Crippen LogP contribution >= 0.6 is 0 Å². The standard InChI is InChI=1S/C24H23F6N3O4/c1-3-37-17-6-4-16(5-7-17)31-22(36)33(8-9-34)13(2)18-11-14-10-15(23(25,26)27)12-19(24(28,29)30)20(14)32-21(18)35/h4-7,10-13,34H,3,8-9H2,1-2H3,(H,31,36)(H,32,35). The zero-order chi connectivity index (χ0) is 27.5. The summed E-state index contributed by atoms with van der Waals surface area (Å²) in [6.45, 7) is 2.79. The molecular formula is C24H23F6N3O4. The molecule has 7 nitrogen and oxygen atoms in total. The number of amides is 2. The highest BCUT2D eigenvalue weighted by Gasteiger charge is 2.39. The molecule has 0 saturated carbocycles. The van der Waals surface area contributed by atoms with Crippen LogP contribution in [-0.4, -0.2) is 40.8 Å². The largest absolute Gasteiger partial charge is 0.494 e. The van der Waals surface area contributed by atoms with E-state index in [0.29, 0.717) is 24.1 Å². The van der Waals surface area contributed by atoms with Crippen LogP contribution < -0.4 is 15.6 Å². The molecule has 1 atom stereocenters. The van der Waals surface area contributed by atoms with Gasteiger partial charge in [0.2, 0.25) is 0 Å². The highest BCUT2D eigenvalue weighted by molar-refractivity contribution is 5.90. The van der Waals surface area contributed by atoms with Gasteiger partial charge in [0.05, 0.1) is 35.9 Å². The molecule has 3 aromatic rings. The fourth-order valence-corrected chi connectivity index (χ4v) is 3.78.